The molecule has 0 radical (unpaired) electrons. The first kappa shape index (κ1) is 34.7. The summed E-state index contributed by atoms with van der Waals surface area (Å²) in [5.74, 6) is 4.20. The van der Waals surface area contributed by atoms with Crippen molar-refractivity contribution in [3.8, 4) is 0 Å². The highest BCUT2D eigenvalue weighted by molar-refractivity contribution is 5.30. The molecule has 0 atom stereocenters. The summed E-state index contributed by atoms with van der Waals surface area (Å²) in [5.41, 5.74) is 8.86. The molecule has 0 heterocycles. The van der Waals surface area contributed by atoms with Gasteiger partial charge in [-0.1, -0.05) is 156 Å². The Labute approximate surface area is 243 Å². The predicted octanol–water partition coefficient (Wildman–Crippen LogP) is 12.0. The monoisotopic (exact) mass is 528 g/mol. The zero-order valence-electron chi connectivity index (χ0n) is 27.5. The zero-order chi connectivity index (χ0) is 29.5. The van der Waals surface area contributed by atoms with Crippen LogP contribution in [0.15, 0.2) is 72.8 Å². The Morgan fingerprint density at radius 1 is 0.410 bits per heavy atom. The fourth-order valence-corrected chi connectivity index (χ4v) is 4.78. The maximum Gasteiger partial charge on any atom is -0.0216 e. The Kier molecular flexibility index (Phi) is 16.1. The quantitative estimate of drug-likeness (QED) is 0.259. The van der Waals surface area contributed by atoms with Crippen LogP contribution in [0.5, 0.6) is 0 Å². The van der Waals surface area contributed by atoms with Gasteiger partial charge in [-0.2, -0.15) is 0 Å². The van der Waals surface area contributed by atoms with Gasteiger partial charge >= 0.3 is 0 Å². The fraction of sp³-hybridized carbons (Fsp3) is 0.538. The van der Waals surface area contributed by atoms with Gasteiger partial charge in [-0.05, 0) is 88.2 Å². The van der Waals surface area contributed by atoms with Crippen LogP contribution in [0.1, 0.15) is 134 Å². The lowest BCUT2D eigenvalue weighted by Crippen LogP contribution is -2.00. The van der Waals surface area contributed by atoms with E-state index in [0.717, 1.165) is 17.8 Å². The molecule has 0 aliphatic rings. The third-order valence-electron chi connectivity index (χ3n) is 6.86. The largest absolute Gasteiger partial charge is 0.0625 e. The predicted molar refractivity (Wildman–Crippen MR) is 177 cm³/mol. The van der Waals surface area contributed by atoms with Gasteiger partial charge in [0.1, 0.15) is 0 Å². The highest BCUT2D eigenvalue weighted by Gasteiger charge is 2.06. The Balaban J connectivity index is 0.000000292. The van der Waals surface area contributed by atoms with E-state index in [1.165, 1.54) is 52.6 Å². The molecule has 39 heavy (non-hydrogen) atoms. The number of hydrogen-bond donors (Lipinski definition) is 0. The molecule has 0 fully saturated rings. The summed E-state index contributed by atoms with van der Waals surface area (Å²) >= 11 is 0. The fourth-order valence-electron chi connectivity index (χ4n) is 4.78. The molecule has 0 aromatic heterocycles. The average molecular weight is 529 g/mol. The van der Waals surface area contributed by atoms with Gasteiger partial charge in [0.05, 0.1) is 0 Å². The maximum atomic E-state index is 2.34. The maximum absolute atomic E-state index is 2.34. The molecule has 216 valence electrons. The van der Waals surface area contributed by atoms with Crippen molar-refractivity contribution >= 4 is 0 Å². The van der Waals surface area contributed by atoms with E-state index in [4.69, 9.17) is 0 Å². The molecule has 0 saturated carbocycles. The van der Waals surface area contributed by atoms with Crippen LogP contribution in [0, 0.1) is 17.8 Å². The van der Waals surface area contributed by atoms with Crippen LogP contribution in [-0.4, -0.2) is 0 Å². The molecule has 0 amide bonds. The molecule has 0 unspecified atom stereocenters. The second kappa shape index (κ2) is 18.1. The summed E-state index contributed by atoms with van der Waals surface area (Å²) in [5, 5.41) is 0. The van der Waals surface area contributed by atoms with E-state index in [1.54, 1.807) is 0 Å². The van der Waals surface area contributed by atoms with E-state index in [0.29, 0.717) is 17.8 Å². The molecular weight excluding hydrogens is 468 g/mol. The molecule has 3 rings (SSSR count). The average Bonchev–Trinajstić information content (AvgIpc) is 2.84. The zero-order valence-corrected chi connectivity index (χ0v) is 27.5. The normalized spacial score (nSPS) is 11.2. The first-order chi connectivity index (χ1) is 18.3. The summed E-state index contributed by atoms with van der Waals surface area (Å²) in [6.45, 7) is 27.1. The third kappa shape index (κ3) is 14.6. The smallest absolute Gasteiger partial charge is 0.0216 e. The molecule has 0 spiro atoms. The van der Waals surface area contributed by atoms with Gasteiger partial charge < -0.3 is 0 Å². The van der Waals surface area contributed by atoms with Crippen LogP contribution in [0.25, 0.3) is 0 Å². The van der Waals surface area contributed by atoms with Gasteiger partial charge in [0.15, 0.2) is 0 Å². The van der Waals surface area contributed by atoms with E-state index >= 15 is 0 Å². The van der Waals surface area contributed by atoms with Crippen molar-refractivity contribution in [3.63, 3.8) is 0 Å². The summed E-state index contributed by atoms with van der Waals surface area (Å²) in [6.07, 6.45) is 3.59. The van der Waals surface area contributed by atoms with Crippen molar-refractivity contribution in [2.75, 3.05) is 0 Å². The standard InChI is InChI=1S/3C13H20/c1-10(2)9-12-5-7-13(8-6-12)11(3)4;1-10(2)8-12-6-5-7-13(9-12)11(3)4;1-10(2)9-12-7-5-6-8-13(12)11(3)4/h5-8,10-11H,9H2,1-4H3;5-7,9-11H,8H2,1-4H3;5-8,10-11H,9H2,1-4H3. The molecule has 0 aliphatic heterocycles. The summed E-state index contributed by atoms with van der Waals surface area (Å²) in [7, 11) is 0. The van der Waals surface area contributed by atoms with E-state index in [-0.39, 0.29) is 0 Å². The van der Waals surface area contributed by atoms with Crippen molar-refractivity contribution in [1.82, 2.24) is 0 Å². The summed E-state index contributed by atoms with van der Waals surface area (Å²) < 4.78 is 0. The Bertz CT molecular complexity index is 1030. The molecule has 0 bridgehead atoms. The second-order valence-corrected chi connectivity index (χ2v) is 13.4. The highest BCUT2D eigenvalue weighted by atomic mass is 14.1. The molecule has 0 nitrogen and oxygen atoms in total. The van der Waals surface area contributed by atoms with Crippen molar-refractivity contribution < 1.29 is 0 Å². The van der Waals surface area contributed by atoms with E-state index in [2.05, 4.69) is 156 Å². The lowest BCUT2D eigenvalue weighted by Gasteiger charge is -2.13. The van der Waals surface area contributed by atoms with Crippen molar-refractivity contribution in [2.45, 2.75) is 120 Å². The minimum atomic E-state index is 0.645. The van der Waals surface area contributed by atoms with Crippen molar-refractivity contribution in [3.05, 3.63) is 106 Å². The third-order valence-corrected chi connectivity index (χ3v) is 6.86. The van der Waals surface area contributed by atoms with Crippen LogP contribution >= 0.6 is 0 Å². The Morgan fingerprint density at radius 3 is 1.41 bits per heavy atom. The van der Waals surface area contributed by atoms with Gasteiger partial charge in [0, 0.05) is 0 Å². The van der Waals surface area contributed by atoms with Crippen molar-refractivity contribution in [2.24, 2.45) is 17.8 Å². The summed E-state index contributed by atoms with van der Waals surface area (Å²) in [6, 6.07) is 26.8. The molecule has 3 aromatic rings. The van der Waals surface area contributed by atoms with Gasteiger partial charge in [0.2, 0.25) is 0 Å². The summed E-state index contributed by atoms with van der Waals surface area (Å²) in [4.78, 5) is 0. The first-order valence-electron chi connectivity index (χ1n) is 15.5. The molecular formula is C39H60. The molecule has 3 aromatic carbocycles. The highest BCUT2D eigenvalue weighted by Crippen LogP contribution is 2.22. The minimum Gasteiger partial charge on any atom is -0.0625 e. The number of hydrogen-bond acceptors (Lipinski definition) is 0. The lowest BCUT2D eigenvalue weighted by atomic mass is 9.92. The van der Waals surface area contributed by atoms with E-state index in [1.807, 2.05) is 0 Å². The SMILES string of the molecule is CC(C)Cc1ccc(C(C)C)cc1.CC(C)Cc1cccc(C(C)C)c1.CC(C)Cc1ccccc1C(C)C. The van der Waals surface area contributed by atoms with Gasteiger partial charge in [0.25, 0.3) is 0 Å². The second-order valence-electron chi connectivity index (χ2n) is 13.4. The minimum absolute atomic E-state index is 0.645. The van der Waals surface area contributed by atoms with Crippen molar-refractivity contribution in [1.29, 1.82) is 0 Å². The van der Waals surface area contributed by atoms with Gasteiger partial charge in [-0.3, -0.25) is 0 Å². The van der Waals surface area contributed by atoms with Crippen LogP contribution in [0.3, 0.4) is 0 Å². The molecule has 0 saturated heterocycles. The number of benzene rings is 3. The lowest BCUT2D eigenvalue weighted by molar-refractivity contribution is 0.638. The van der Waals surface area contributed by atoms with Gasteiger partial charge in [-0.15, -0.1) is 0 Å². The van der Waals surface area contributed by atoms with E-state index in [9.17, 15) is 0 Å². The Hall–Kier alpha value is -2.34. The molecule has 0 N–H and O–H groups in total. The van der Waals surface area contributed by atoms with E-state index < -0.39 is 0 Å². The van der Waals surface area contributed by atoms with Crippen LogP contribution < -0.4 is 0 Å². The van der Waals surface area contributed by atoms with Crippen LogP contribution in [-0.2, 0) is 19.3 Å². The molecule has 0 aliphatic carbocycles. The topological polar surface area (TPSA) is 0 Å². The van der Waals surface area contributed by atoms with Gasteiger partial charge in [-0.25, -0.2) is 0 Å². The number of rotatable bonds is 9. The first-order valence-corrected chi connectivity index (χ1v) is 15.5. The van der Waals surface area contributed by atoms with Crippen LogP contribution in [0.4, 0.5) is 0 Å². The molecule has 0 heteroatoms. The van der Waals surface area contributed by atoms with Crippen LogP contribution in [0.2, 0.25) is 0 Å². The Morgan fingerprint density at radius 2 is 0.923 bits per heavy atom.